The van der Waals surface area contributed by atoms with Gasteiger partial charge in [0.25, 0.3) is 0 Å². The Morgan fingerprint density at radius 3 is 2.89 bits per heavy atom. The third-order valence-electron chi connectivity index (χ3n) is 4.62. The molecule has 0 bridgehead atoms. The Kier molecular flexibility index (Phi) is 3.91. The van der Waals surface area contributed by atoms with Gasteiger partial charge in [0.1, 0.15) is 0 Å². The van der Waals surface area contributed by atoms with Crippen LogP contribution in [0, 0.1) is 5.92 Å². The smallest absolute Gasteiger partial charge is 0.0686 e. The first-order chi connectivity index (χ1) is 9.10. The van der Waals surface area contributed by atoms with Crippen molar-refractivity contribution in [3.8, 4) is 0 Å². The van der Waals surface area contributed by atoms with Crippen molar-refractivity contribution in [2.24, 2.45) is 11.7 Å². The van der Waals surface area contributed by atoms with Crippen LogP contribution in [-0.4, -0.2) is 12.2 Å². The number of hydrogen-bond acceptors (Lipinski definition) is 2. The lowest BCUT2D eigenvalue weighted by atomic mass is 9.70. The van der Waals surface area contributed by atoms with Gasteiger partial charge in [0.05, 0.1) is 5.60 Å². The topological polar surface area (TPSA) is 35.2 Å². The highest BCUT2D eigenvalue weighted by atomic mass is 79.9. The Morgan fingerprint density at radius 1 is 1.42 bits per heavy atom. The van der Waals surface area contributed by atoms with Gasteiger partial charge in [0.15, 0.2) is 0 Å². The van der Waals surface area contributed by atoms with E-state index in [1.54, 1.807) is 0 Å². The van der Waals surface area contributed by atoms with E-state index < -0.39 is 0 Å². The lowest BCUT2D eigenvalue weighted by molar-refractivity contribution is -0.146. The highest BCUT2D eigenvalue weighted by molar-refractivity contribution is 9.10. The zero-order valence-electron chi connectivity index (χ0n) is 10.9. The highest BCUT2D eigenvalue weighted by Gasteiger charge is 2.44. The molecule has 1 aliphatic carbocycles. The number of benzene rings is 1. The van der Waals surface area contributed by atoms with Gasteiger partial charge in [-0.15, -0.1) is 0 Å². The second-order valence-electron chi connectivity index (χ2n) is 5.83. The minimum Gasteiger partial charge on any atom is -0.375 e. The maximum Gasteiger partial charge on any atom is 0.0686 e. The Bertz CT molecular complexity index is 475. The predicted octanol–water partition coefficient (Wildman–Crippen LogP) is 4.45. The minimum absolute atomic E-state index is 0.00590. The summed E-state index contributed by atoms with van der Waals surface area (Å²) in [6, 6.07) is 5.93. The van der Waals surface area contributed by atoms with E-state index in [1.165, 1.54) is 19.3 Å². The van der Waals surface area contributed by atoms with Crippen LogP contribution in [0.4, 0.5) is 0 Å². The first-order valence-corrected chi connectivity index (χ1v) is 8.11. The van der Waals surface area contributed by atoms with Gasteiger partial charge in [-0.25, -0.2) is 0 Å². The average Bonchev–Trinajstić information content (AvgIpc) is 2.39. The Hall–Kier alpha value is -0.0900. The molecule has 2 N–H and O–H groups in total. The molecule has 0 amide bonds. The van der Waals surface area contributed by atoms with Gasteiger partial charge in [0, 0.05) is 22.1 Å². The van der Waals surface area contributed by atoms with Gasteiger partial charge in [-0.2, -0.15) is 0 Å². The summed E-state index contributed by atoms with van der Waals surface area (Å²) in [7, 11) is 0. The van der Waals surface area contributed by atoms with Crippen LogP contribution in [0.3, 0.4) is 0 Å². The van der Waals surface area contributed by atoms with Crippen molar-refractivity contribution in [2.75, 3.05) is 6.61 Å². The second kappa shape index (κ2) is 5.36. The Morgan fingerprint density at radius 2 is 2.21 bits per heavy atom. The van der Waals surface area contributed by atoms with Crippen LogP contribution >= 0.6 is 27.5 Å². The van der Waals surface area contributed by atoms with Crippen molar-refractivity contribution in [3.05, 3.63) is 33.3 Å². The number of ether oxygens (including phenoxy) is 1. The van der Waals surface area contributed by atoms with Crippen molar-refractivity contribution in [1.29, 1.82) is 0 Å². The first-order valence-electron chi connectivity index (χ1n) is 6.94. The summed E-state index contributed by atoms with van der Waals surface area (Å²) >= 11 is 9.79. The van der Waals surface area contributed by atoms with Crippen LogP contribution in [0.5, 0.6) is 0 Å². The molecule has 2 fully saturated rings. The molecule has 1 aromatic carbocycles. The van der Waals surface area contributed by atoms with E-state index >= 15 is 0 Å². The summed E-state index contributed by atoms with van der Waals surface area (Å²) in [4.78, 5) is 0. The van der Waals surface area contributed by atoms with E-state index in [0.29, 0.717) is 5.92 Å². The van der Waals surface area contributed by atoms with Crippen molar-refractivity contribution in [3.63, 3.8) is 0 Å². The molecule has 1 aliphatic heterocycles. The normalized spacial score (nSPS) is 27.0. The highest BCUT2D eigenvalue weighted by Crippen LogP contribution is 2.47. The van der Waals surface area contributed by atoms with Gasteiger partial charge in [-0.1, -0.05) is 27.5 Å². The molecule has 4 heteroatoms. The zero-order chi connectivity index (χ0) is 13.5. The molecule has 1 spiro atoms. The van der Waals surface area contributed by atoms with Crippen LogP contribution < -0.4 is 5.73 Å². The molecule has 1 aromatic rings. The van der Waals surface area contributed by atoms with Crippen LogP contribution in [0.2, 0.25) is 5.02 Å². The second-order valence-corrected chi connectivity index (χ2v) is 7.15. The molecular formula is C15H19BrClNO. The van der Waals surface area contributed by atoms with Crippen LogP contribution in [0.15, 0.2) is 22.7 Å². The summed E-state index contributed by atoms with van der Waals surface area (Å²) in [6.45, 7) is 0.837. The Labute approximate surface area is 127 Å². The van der Waals surface area contributed by atoms with Crippen molar-refractivity contribution in [1.82, 2.24) is 0 Å². The lowest BCUT2D eigenvalue weighted by Crippen LogP contribution is -2.47. The van der Waals surface area contributed by atoms with Crippen LogP contribution in [0.1, 0.15) is 43.7 Å². The first kappa shape index (κ1) is 13.9. The predicted molar refractivity (Wildman–Crippen MR) is 81.3 cm³/mol. The molecule has 0 radical (unpaired) electrons. The number of hydrogen-bond donors (Lipinski definition) is 1. The number of rotatable bonds is 2. The van der Waals surface area contributed by atoms with E-state index in [9.17, 15) is 0 Å². The van der Waals surface area contributed by atoms with E-state index in [4.69, 9.17) is 22.1 Å². The number of halogens is 2. The molecule has 2 nitrogen and oxygen atoms in total. The maximum absolute atomic E-state index is 6.48. The molecule has 104 valence electrons. The fraction of sp³-hybridized carbons (Fsp3) is 0.600. The standard InChI is InChI=1S/C15H19BrClNO/c16-11-2-3-13(17)12(8-11)14(18)10-4-7-19-15(9-10)5-1-6-15/h2-3,8,10,14H,1,4-7,9,18H2. The molecule has 1 saturated heterocycles. The van der Waals surface area contributed by atoms with Crippen molar-refractivity contribution >= 4 is 27.5 Å². The lowest BCUT2D eigenvalue weighted by Gasteiger charge is -2.48. The van der Waals surface area contributed by atoms with Crippen molar-refractivity contribution in [2.45, 2.75) is 43.7 Å². The number of nitrogens with two attached hydrogens (primary N) is 1. The molecule has 2 atom stereocenters. The molecule has 19 heavy (non-hydrogen) atoms. The molecular weight excluding hydrogens is 326 g/mol. The minimum atomic E-state index is 0.00590. The van der Waals surface area contributed by atoms with E-state index in [2.05, 4.69) is 22.0 Å². The zero-order valence-corrected chi connectivity index (χ0v) is 13.2. The fourth-order valence-corrected chi connectivity index (χ4v) is 3.94. The summed E-state index contributed by atoms with van der Waals surface area (Å²) in [5, 5.41) is 0.768. The van der Waals surface area contributed by atoms with Gasteiger partial charge < -0.3 is 10.5 Å². The van der Waals surface area contributed by atoms with Crippen LogP contribution in [0.25, 0.3) is 0 Å². The van der Waals surface area contributed by atoms with Crippen LogP contribution in [-0.2, 0) is 4.74 Å². The molecule has 1 heterocycles. The van der Waals surface area contributed by atoms with E-state index in [0.717, 1.165) is 34.5 Å². The quantitative estimate of drug-likeness (QED) is 0.860. The summed E-state index contributed by atoms with van der Waals surface area (Å²) in [5.41, 5.74) is 7.67. The maximum atomic E-state index is 6.48. The monoisotopic (exact) mass is 343 g/mol. The van der Waals surface area contributed by atoms with E-state index in [-0.39, 0.29) is 11.6 Å². The van der Waals surface area contributed by atoms with Gasteiger partial charge >= 0.3 is 0 Å². The molecule has 3 rings (SSSR count). The molecule has 2 aliphatic rings. The fourth-order valence-electron chi connectivity index (χ4n) is 3.32. The van der Waals surface area contributed by atoms with E-state index in [1.807, 2.05) is 12.1 Å². The van der Waals surface area contributed by atoms with Gasteiger partial charge in [-0.3, -0.25) is 0 Å². The SMILES string of the molecule is NC(c1cc(Br)ccc1Cl)C1CCOC2(CCC2)C1. The Balaban J connectivity index is 1.79. The molecule has 0 aromatic heterocycles. The largest absolute Gasteiger partial charge is 0.375 e. The van der Waals surface area contributed by atoms with Crippen molar-refractivity contribution < 1.29 is 4.74 Å². The molecule has 2 unspecified atom stereocenters. The molecule has 1 saturated carbocycles. The third kappa shape index (κ3) is 2.71. The summed E-state index contributed by atoms with van der Waals surface area (Å²) in [6.07, 6.45) is 5.80. The van der Waals surface area contributed by atoms with Gasteiger partial charge in [-0.05, 0) is 61.8 Å². The summed E-state index contributed by atoms with van der Waals surface area (Å²) in [5.74, 6) is 0.473. The summed E-state index contributed by atoms with van der Waals surface area (Å²) < 4.78 is 7.01. The third-order valence-corrected chi connectivity index (χ3v) is 5.46. The average molecular weight is 345 g/mol. The van der Waals surface area contributed by atoms with Gasteiger partial charge in [0.2, 0.25) is 0 Å².